The second-order valence-electron chi connectivity index (χ2n) is 4.75. The maximum absolute atomic E-state index is 12.5. The lowest BCUT2D eigenvalue weighted by molar-refractivity contribution is -0.125. The van der Waals surface area contributed by atoms with Crippen LogP contribution in [0.4, 0.5) is 8.78 Å². The molecule has 1 fully saturated rings. The third kappa shape index (κ3) is 2.69. The number of nitrogens with one attached hydrogen (secondary N) is 1. The van der Waals surface area contributed by atoms with Crippen LogP contribution in [-0.2, 0) is 11.2 Å². The number of aromatic nitrogens is 2. The predicted octanol–water partition coefficient (Wildman–Crippen LogP) is 2.52. The Bertz CT molecular complexity index is 492. The molecule has 1 aromatic rings. The summed E-state index contributed by atoms with van der Waals surface area (Å²) in [6.45, 7) is -0.753. The lowest BCUT2D eigenvalue weighted by Crippen LogP contribution is -2.34. The molecule has 1 aliphatic carbocycles. The van der Waals surface area contributed by atoms with E-state index in [0.717, 1.165) is 4.57 Å². The van der Waals surface area contributed by atoms with Crippen molar-refractivity contribution in [3.8, 4) is 0 Å². The molecule has 0 aliphatic heterocycles. The first-order valence-electron chi connectivity index (χ1n) is 5.74. The maximum atomic E-state index is 12.5. The molecule has 1 aromatic heterocycles. The van der Waals surface area contributed by atoms with Gasteiger partial charge in [0, 0.05) is 25.4 Å². The summed E-state index contributed by atoms with van der Waals surface area (Å²) in [4.78, 5) is 15.7. The Morgan fingerprint density at radius 3 is 2.79 bits per heavy atom. The van der Waals surface area contributed by atoms with E-state index in [2.05, 4.69) is 10.3 Å². The first-order chi connectivity index (χ1) is 8.78. The Morgan fingerprint density at radius 1 is 1.63 bits per heavy atom. The van der Waals surface area contributed by atoms with Gasteiger partial charge in [-0.2, -0.15) is 8.78 Å². The summed E-state index contributed by atoms with van der Waals surface area (Å²) in [7, 11) is 0. The molecule has 0 unspecified atom stereocenters. The van der Waals surface area contributed by atoms with Crippen molar-refractivity contribution in [2.45, 2.75) is 30.6 Å². The quantitative estimate of drug-likeness (QED) is 0.849. The Labute approximate surface area is 119 Å². The van der Waals surface area contributed by atoms with Crippen molar-refractivity contribution in [2.24, 2.45) is 5.41 Å². The largest absolute Gasteiger partial charge is 0.355 e. The summed E-state index contributed by atoms with van der Waals surface area (Å²) in [5.41, 5.74) is -0.797. The number of carbonyl (C=O) groups excluding carboxylic acids is 1. The zero-order valence-corrected chi connectivity index (χ0v) is 11.7. The van der Waals surface area contributed by atoms with Crippen LogP contribution in [0.15, 0.2) is 12.4 Å². The SMILES string of the molecule is C[C@]1(C(=O)NCCc2nccn2C(F)F)CC1(Cl)Cl. The highest BCUT2D eigenvalue weighted by Crippen LogP contribution is 2.63. The van der Waals surface area contributed by atoms with Crippen LogP contribution in [0, 0.1) is 5.41 Å². The molecular weight excluding hydrogens is 299 g/mol. The Kier molecular flexibility index (Phi) is 3.75. The normalized spacial score (nSPS) is 24.5. The Balaban J connectivity index is 1.85. The molecule has 0 saturated heterocycles. The van der Waals surface area contributed by atoms with Gasteiger partial charge in [0.15, 0.2) is 0 Å². The summed E-state index contributed by atoms with van der Waals surface area (Å²) in [5, 5.41) is 2.64. The van der Waals surface area contributed by atoms with Crippen molar-refractivity contribution in [3.05, 3.63) is 18.2 Å². The average molecular weight is 312 g/mol. The lowest BCUT2D eigenvalue weighted by atomic mass is 10.1. The van der Waals surface area contributed by atoms with Gasteiger partial charge in [-0.05, 0) is 13.3 Å². The van der Waals surface area contributed by atoms with E-state index < -0.39 is 16.3 Å². The summed E-state index contributed by atoms with van der Waals surface area (Å²) in [6.07, 6.45) is 3.11. The van der Waals surface area contributed by atoms with Crippen molar-refractivity contribution in [2.75, 3.05) is 6.54 Å². The van der Waals surface area contributed by atoms with Crippen molar-refractivity contribution >= 4 is 29.1 Å². The molecule has 1 saturated carbocycles. The minimum atomic E-state index is -2.63. The third-order valence-electron chi connectivity index (χ3n) is 3.35. The molecule has 8 heteroatoms. The topological polar surface area (TPSA) is 46.9 Å². The molecule has 1 heterocycles. The Morgan fingerprint density at radius 2 is 2.26 bits per heavy atom. The monoisotopic (exact) mass is 311 g/mol. The van der Waals surface area contributed by atoms with Crippen molar-refractivity contribution in [1.82, 2.24) is 14.9 Å². The predicted molar refractivity (Wildman–Crippen MR) is 67.4 cm³/mol. The zero-order valence-electron chi connectivity index (χ0n) is 10.2. The zero-order chi connectivity index (χ0) is 14.3. The van der Waals surface area contributed by atoms with Crippen LogP contribution in [-0.4, -0.2) is 26.3 Å². The van der Waals surface area contributed by atoms with Crippen LogP contribution in [0.5, 0.6) is 0 Å². The highest BCUT2D eigenvalue weighted by Gasteiger charge is 2.67. The van der Waals surface area contributed by atoms with Crippen LogP contribution < -0.4 is 5.32 Å². The van der Waals surface area contributed by atoms with Gasteiger partial charge < -0.3 is 5.32 Å². The summed E-state index contributed by atoms with van der Waals surface area (Å²) in [6, 6.07) is 0. The molecule has 0 aromatic carbocycles. The van der Waals surface area contributed by atoms with E-state index in [1.54, 1.807) is 6.92 Å². The molecule has 2 rings (SSSR count). The molecule has 1 N–H and O–H groups in total. The number of rotatable bonds is 5. The van der Waals surface area contributed by atoms with E-state index in [1.807, 2.05) is 0 Å². The molecular formula is C11H13Cl2F2N3O. The highest BCUT2D eigenvalue weighted by atomic mass is 35.5. The van der Waals surface area contributed by atoms with E-state index in [-0.39, 0.29) is 24.7 Å². The number of amides is 1. The van der Waals surface area contributed by atoms with E-state index in [4.69, 9.17) is 23.2 Å². The fourth-order valence-electron chi connectivity index (χ4n) is 1.84. The molecule has 1 aliphatic rings. The van der Waals surface area contributed by atoms with Crippen LogP contribution in [0.2, 0.25) is 0 Å². The van der Waals surface area contributed by atoms with Crippen LogP contribution in [0.1, 0.15) is 25.7 Å². The lowest BCUT2D eigenvalue weighted by Gasteiger charge is -2.12. The van der Waals surface area contributed by atoms with Gasteiger partial charge in [-0.25, -0.2) is 4.98 Å². The van der Waals surface area contributed by atoms with Gasteiger partial charge in [-0.3, -0.25) is 9.36 Å². The van der Waals surface area contributed by atoms with Crippen LogP contribution >= 0.6 is 23.2 Å². The van der Waals surface area contributed by atoms with Crippen molar-refractivity contribution < 1.29 is 13.6 Å². The molecule has 0 radical (unpaired) electrons. The van der Waals surface area contributed by atoms with Crippen LogP contribution in [0.25, 0.3) is 0 Å². The number of halogens is 4. The molecule has 1 amide bonds. The molecule has 4 nitrogen and oxygen atoms in total. The van der Waals surface area contributed by atoms with Gasteiger partial charge in [-0.15, -0.1) is 23.2 Å². The second-order valence-corrected chi connectivity index (χ2v) is 6.23. The van der Waals surface area contributed by atoms with Gasteiger partial charge in [0.2, 0.25) is 5.91 Å². The van der Waals surface area contributed by atoms with E-state index >= 15 is 0 Å². The summed E-state index contributed by atoms with van der Waals surface area (Å²) >= 11 is 11.8. The second kappa shape index (κ2) is 4.90. The average Bonchev–Trinajstić information content (AvgIpc) is 2.70. The van der Waals surface area contributed by atoms with Crippen LogP contribution in [0.3, 0.4) is 0 Å². The highest BCUT2D eigenvalue weighted by molar-refractivity contribution is 6.53. The molecule has 106 valence electrons. The number of alkyl halides is 4. The Hall–Kier alpha value is -0.880. The van der Waals surface area contributed by atoms with Crippen molar-refractivity contribution in [3.63, 3.8) is 0 Å². The van der Waals surface area contributed by atoms with Crippen molar-refractivity contribution in [1.29, 1.82) is 0 Å². The van der Waals surface area contributed by atoms with Gasteiger partial charge in [0.1, 0.15) is 10.2 Å². The summed E-state index contributed by atoms with van der Waals surface area (Å²) in [5.74, 6) is -0.0492. The van der Waals surface area contributed by atoms with E-state index in [9.17, 15) is 13.6 Å². The van der Waals surface area contributed by atoms with E-state index in [1.165, 1.54) is 12.4 Å². The van der Waals surface area contributed by atoms with Gasteiger partial charge in [0.05, 0.1) is 5.41 Å². The minimum absolute atomic E-state index is 0.210. The molecule has 19 heavy (non-hydrogen) atoms. The molecule has 0 bridgehead atoms. The van der Waals surface area contributed by atoms with Gasteiger partial charge in [-0.1, -0.05) is 0 Å². The molecule has 0 spiro atoms. The number of hydrogen-bond donors (Lipinski definition) is 1. The third-order valence-corrected chi connectivity index (χ3v) is 4.45. The smallest absolute Gasteiger partial charge is 0.319 e. The number of nitrogens with zero attached hydrogens (tertiary/aromatic N) is 2. The minimum Gasteiger partial charge on any atom is -0.355 e. The standard InChI is InChI=1S/C11H13Cl2F2N3O/c1-10(6-11(10,12)13)8(19)17-3-2-7-16-4-5-18(7)9(14)15/h4-5,9H,2-3,6H2,1H3,(H,17,19)/t10-/m1/s1. The van der Waals surface area contributed by atoms with Gasteiger partial charge in [0.25, 0.3) is 0 Å². The maximum Gasteiger partial charge on any atom is 0.319 e. The first-order valence-corrected chi connectivity index (χ1v) is 6.49. The molecule has 1 atom stereocenters. The van der Waals surface area contributed by atoms with E-state index in [0.29, 0.717) is 6.42 Å². The number of carbonyl (C=O) groups is 1. The summed E-state index contributed by atoms with van der Waals surface area (Å²) < 4.78 is 24.8. The number of hydrogen-bond acceptors (Lipinski definition) is 2. The van der Waals surface area contributed by atoms with Gasteiger partial charge >= 0.3 is 6.55 Å². The fraction of sp³-hybridized carbons (Fsp3) is 0.636. The fourth-order valence-corrected chi connectivity index (χ4v) is 2.55. The number of imidazole rings is 1. The first kappa shape index (κ1) is 14.5.